The highest BCUT2D eigenvalue weighted by Gasteiger charge is 2.07. The van der Waals surface area contributed by atoms with Crippen LogP contribution in [0.4, 0.5) is 0 Å². The fourth-order valence-corrected chi connectivity index (χ4v) is 3.20. The van der Waals surface area contributed by atoms with E-state index in [1.807, 2.05) is 47.1 Å². The van der Waals surface area contributed by atoms with Crippen molar-refractivity contribution in [2.24, 2.45) is 0 Å². The van der Waals surface area contributed by atoms with Gasteiger partial charge in [-0.3, -0.25) is 9.00 Å². The van der Waals surface area contributed by atoms with Crippen molar-refractivity contribution in [1.29, 1.82) is 0 Å². The summed E-state index contributed by atoms with van der Waals surface area (Å²) in [5, 5.41) is 2.91. The number of carbonyl (C=O) groups is 1. The van der Waals surface area contributed by atoms with E-state index in [1.165, 1.54) is 0 Å². The van der Waals surface area contributed by atoms with E-state index in [9.17, 15) is 9.00 Å². The van der Waals surface area contributed by atoms with Gasteiger partial charge < -0.3 is 9.72 Å². The van der Waals surface area contributed by atoms with Gasteiger partial charge in [0.2, 0.25) is 0 Å². The fraction of sp³-hybridized carbons (Fsp3) is 0.222. The molecule has 6 heteroatoms. The summed E-state index contributed by atoms with van der Waals surface area (Å²) in [6, 6.07) is 13.1. The molecule has 0 saturated heterocycles. The molecule has 1 atom stereocenters. The monoisotopic (exact) mass is 341 g/mol. The second-order valence-electron chi connectivity index (χ2n) is 5.62. The van der Waals surface area contributed by atoms with Crippen LogP contribution in [0.1, 0.15) is 21.6 Å². The molecule has 2 aromatic heterocycles. The molecule has 3 rings (SSSR count). The van der Waals surface area contributed by atoms with Gasteiger partial charge in [-0.15, -0.1) is 0 Å². The summed E-state index contributed by atoms with van der Waals surface area (Å²) >= 11 is 0. The Morgan fingerprint density at radius 2 is 2.12 bits per heavy atom. The lowest BCUT2D eigenvalue weighted by Crippen LogP contribution is -2.25. The Morgan fingerprint density at radius 1 is 1.25 bits per heavy atom. The van der Waals surface area contributed by atoms with Gasteiger partial charge in [0, 0.05) is 53.7 Å². The van der Waals surface area contributed by atoms with Crippen molar-refractivity contribution in [3.8, 4) is 0 Å². The minimum atomic E-state index is -0.919. The van der Waals surface area contributed by atoms with Crippen LogP contribution in [0.2, 0.25) is 0 Å². The Balaban J connectivity index is 1.58. The van der Waals surface area contributed by atoms with E-state index in [0.29, 0.717) is 24.3 Å². The summed E-state index contributed by atoms with van der Waals surface area (Å²) in [5.74, 6) is 0.338. The van der Waals surface area contributed by atoms with Gasteiger partial charge in [-0.25, -0.2) is 4.98 Å². The minimum Gasteiger partial charge on any atom is -0.352 e. The Labute approximate surface area is 143 Å². The number of rotatable bonds is 6. The number of nitrogens with one attached hydrogen (secondary N) is 1. The average Bonchev–Trinajstić information content (AvgIpc) is 2.97. The van der Waals surface area contributed by atoms with Crippen molar-refractivity contribution in [2.45, 2.75) is 12.2 Å². The first-order chi connectivity index (χ1) is 11.6. The zero-order valence-corrected chi connectivity index (χ0v) is 14.3. The summed E-state index contributed by atoms with van der Waals surface area (Å²) in [7, 11) is -0.919. The largest absolute Gasteiger partial charge is 0.352 e. The van der Waals surface area contributed by atoms with E-state index in [4.69, 9.17) is 0 Å². The van der Waals surface area contributed by atoms with E-state index in [-0.39, 0.29) is 5.91 Å². The van der Waals surface area contributed by atoms with Crippen LogP contribution in [0, 0.1) is 0 Å². The molecule has 0 spiro atoms. The molecule has 0 fully saturated rings. The van der Waals surface area contributed by atoms with Gasteiger partial charge in [0.15, 0.2) is 0 Å². The number of fused-ring (bicyclic) bond motifs is 1. The molecule has 3 aromatic rings. The molecule has 0 aliphatic rings. The quantitative estimate of drug-likeness (QED) is 0.747. The lowest BCUT2D eigenvalue weighted by molar-refractivity contribution is 0.0954. The van der Waals surface area contributed by atoms with Crippen molar-refractivity contribution in [3.63, 3.8) is 0 Å². The Kier molecular flexibility index (Phi) is 5.05. The molecular formula is C18H19N3O2S. The van der Waals surface area contributed by atoms with Crippen LogP contribution < -0.4 is 5.32 Å². The second kappa shape index (κ2) is 7.40. The highest BCUT2D eigenvalue weighted by molar-refractivity contribution is 7.83. The maximum atomic E-state index is 12.2. The van der Waals surface area contributed by atoms with E-state index in [1.54, 1.807) is 18.4 Å². The smallest absolute Gasteiger partial charge is 0.251 e. The first-order valence-electron chi connectivity index (χ1n) is 7.71. The van der Waals surface area contributed by atoms with Crippen LogP contribution in [0.25, 0.3) is 5.65 Å². The Hall–Kier alpha value is -2.47. The number of hydrogen-bond donors (Lipinski definition) is 1. The highest BCUT2D eigenvalue weighted by Crippen LogP contribution is 2.08. The topological polar surface area (TPSA) is 63.5 Å². The zero-order chi connectivity index (χ0) is 16.9. The molecule has 24 heavy (non-hydrogen) atoms. The van der Waals surface area contributed by atoms with Gasteiger partial charge in [0.05, 0.1) is 5.69 Å². The molecule has 1 aromatic carbocycles. The van der Waals surface area contributed by atoms with Gasteiger partial charge in [-0.1, -0.05) is 18.2 Å². The van der Waals surface area contributed by atoms with E-state index >= 15 is 0 Å². The normalized spacial score (nSPS) is 12.2. The summed E-state index contributed by atoms with van der Waals surface area (Å²) in [5.41, 5.74) is 3.34. The molecule has 124 valence electrons. The van der Waals surface area contributed by atoms with Gasteiger partial charge in [-0.05, 0) is 29.8 Å². The fourth-order valence-electron chi connectivity index (χ4n) is 2.55. The number of nitrogens with zero attached hydrogens (tertiary/aromatic N) is 2. The summed E-state index contributed by atoms with van der Waals surface area (Å²) in [6.07, 6.45) is 6.25. The van der Waals surface area contributed by atoms with Crippen molar-refractivity contribution < 1.29 is 9.00 Å². The number of hydrogen-bond acceptors (Lipinski definition) is 3. The average molecular weight is 341 g/mol. The third-order valence-electron chi connectivity index (χ3n) is 3.64. The lowest BCUT2D eigenvalue weighted by Gasteiger charge is -2.06. The molecule has 0 bridgehead atoms. The predicted octanol–water partition coefficient (Wildman–Crippen LogP) is 2.19. The molecule has 0 aliphatic heterocycles. The van der Waals surface area contributed by atoms with Crippen LogP contribution in [0.3, 0.4) is 0 Å². The Bertz CT molecular complexity index is 856. The highest BCUT2D eigenvalue weighted by atomic mass is 32.2. The molecule has 2 heterocycles. The van der Waals surface area contributed by atoms with E-state index in [2.05, 4.69) is 10.3 Å². The van der Waals surface area contributed by atoms with Crippen LogP contribution in [-0.4, -0.2) is 32.3 Å². The van der Waals surface area contributed by atoms with Gasteiger partial charge in [0.25, 0.3) is 5.91 Å². The summed E-state index contributed by atoms with van der Waals surface area (Å²) < 4.78 is 13.3. The molecular weight excluding hydrogens is 322 g/mol. The van der Waals surface area contributed by atoms with Gasteiger partial charge in [0.1, 0.15) is 5.65 Å². The molecule has 1 amide bonds. The number of pyridine rings is 1. The molecule has 5 nitrogen and oxygen atoms in total. The van der Waals surface area contributed by atoms with Crippen molar-refractivity contribution in [1.82, 2.24) is 14.7 Å². The van der Waals surface area contributed by atoms with Crippen molar-refractivity contribution in [2.75, 3.05) is 12.8 Å². The molecule has 0 radical (unpaired) electrons. The molecule has 1 N–H and O–H groups in total. The summed E-state index contributed by atoms with van der Waals surface area (Å²) in [6.45, 7) is 0.520. The second-order valence-corrected chi connectivity index (χ2v) is 7.06. The third kappa shape index (κ3) is 4.08. The third-order valence-corrected chi connectivity index (χ3v) is 4.38. The number of imidazole rings is 1. The first kappa shape index (κ1) is 16.4. The number of aromatic nitrogens is 2. The lowest BCUT2D eigenvalue weighted by atomic mass is 10.1. The summed E-state index contributed by atoms with van der Waals surface area (Å²) in [4.78, 5) is 16.7. The molecule has 1 unspecified atom stereocenters. The van der Waals surface area contributed by atoms with Crippen LogP contribution in [0.5, 0.6) is 0 Å². The first-order valence-corrected chi connectivity index (χ1v) is 9.44. The number of carbonyl (C=O) groups excluding carboxylic acids is 1. The number of amides is 1. The SMILES string of the molecule is CS(=O)Cc1cccc(C(=O)NCCc2cn3ccccc3n2)c1. The predicted molar refractivity (Wildman–Crippen MR) is 95.4 cm³/mol. The maximum Gasteiger partial charge on any atom is 0.251 e. The maximum absolute atomic E-state index is 12.2. The van der Waals surface area contributed by atoms with Crippen molar-refractivity contribution in [3.05, 3.63) is 71.7 Å². The van der Waals surface area contributed by atoms with Crippen LogP contribution >= 0.6 is 0 Å². The molecule has 0 saturated carbocycles. The van der Waals surface area contributed by atoms with Gasteiger partial charge in [-0.2, -0.15) is 0 Å². The molecule has 0 aliphatic carbocycles. The minimum absolute atomic E-state index is 0.123. The van der Waals surface area contributed by atoms with E-state index < -0.39 is 10.8 Å². The number of benzene rings is 1. The van der Waals surface area contributed by atoms with Crippen molar-refractivity contribution >= 4 is 22.4 Å². The zero-order valence-electron chi connectivity index (χ0n) is 13.4. The van der Waals surface area contributed by atoms with Crippen LogP contribution in [0.15, 0.2) is 54.9 Å². The van der Waals surface area contributed by atoms with Gasteiger partial charge >= 0.3 is 0 Å². The van der Waals surface area contributed by atoms with E-state index in [0.717, 1.165) is 16.9 Å². The Morgan fingerprint density at radius 3 is 2.92 bits per heavy atom. The standard InChI is InChI=1S/C18H19N3O2S/c1-24(23)13-14-5-4-6-15(11-14)18(22)19-9-8-16-12-21-10-3-2-7-17(21)20-16/h2-7,10-12H,8-9,13H2,1H3,(H,19,22). The van der Waals surface area contributed by atoms with Crippen LogP contribution in [-0.2, 0) is 23.0 Å².